The first-order chi connectivity index (χ1) is 18.9. The number of ketones is 1. The Kier molecular flexibility index (Phi) is 7.84. The number of carbonyl (C=O) groups excluding carboxylic acids is 3. The lowest BCUT2D eigenvalue weighted by Crippen LogP contribution is -2.36. The minimum atomic E-state index is -0.629. The maximum atomic E-state index is 13.9. The molecule has 1 aliphatic carbocycles. The Labute approximate surface area is 228 Å². The van der Waals surface area contributed by atoms with Crippen molar-refractivity contribution in [3.05, 3.63) is 87.8 Å². The number of methoxy groups -OCH3 is 2. The summed E-state index contributed by atoms with van der Waals surface area (Å²) in [5.74, 6) is -0.930. The third-order valence-electron chi connectivity index (χ3n) is 7.72. The molecule has 0 unspecified atom stereocenters. The number of hydrogen-bond acceptors (Lipinski definition) is 8. The van der Waals surface area contributed by atoms with Gasteiger partial charge in [0.05, 0.1) is 31.5 Å². The predicted molar refractivity (Wildman–Crippen MR) is 143 cm³/mol. The molecule has 8 heteroatoms. The fourth-order valence-corrected chi connectivity index (χ4v) is 5.82. The highest BCUT2D eigenvalue weighted by atomic mass is 16.6. The van der Waals surface area contributed by atoms with Crippen LogP contribution in [0.2, 0.25) is 0 Å². The number of ether oxygens (including phenoxy) is 4. The second-order valence-electron chi connectivity index (χ2n) is 10.1. The number of dihydropyridines is 1. The Balaban J connectivity index is 1.52. The number of benzene rings is 2. The van der Waals surface area contributed by atoms with E-state index < -0.39 is 17.9 Å². The molecule has 0 saturated carbocycles. The maximum absolute atomic E-state index is 13.9. The molecule has 1 N–H and O–H groups in total. The topological polar surface area (TPSA) is 100 Å². The van der Waals surface area contributed by atoms with E-state index in [1.54, 1.807) is 31.4 Å². The van der Waals surface area contributed by atoms with E-state index in [9.17, 15) is 14.4 Å². The van der Waals surface area contributed by atoms with Gasteiger partial charge in [0, 0.05) is 41.8 Å². The van der Waals surface area contributed by atoms with Crippen LogP contribution in [0.4, 0.5) is 0 Å². The minimum Gasteiger partial charge on any atom is -0.496 e. The lowest BCUT2D eigenvalue weighted by molar-refractivity contribution is -0.142. The van der Waals surface area contributed by atoms with Crippen molar-refractivity contribution in [3.63, 3.8) is 0 Å². The molecular formula is C31H33NO7. The van der Waals surface area contributed by atoms with E-state index in [0.717, 1.165) is 35.4 Å². The number of carbonyl (C=O) groups is 3. The molecule has 2 aromatic carbocycles. The summed E-state index contributed by atoms with van der Waals surface area (Å²) in [6, 6.07) is 14.6. The molecule has 3 aliphatic rings. The van der Waals surface area contributed by atoms with Gasteiger partial charge in [-0.05, 0) is 55.5 Å². The highest BCUT2D eigenvalue weighted by molar-refractivity contribution is 6.04. The number of para-hydroxylation sites is 1. The van der Waals surface area contributed by atoms with Crippen molar-refractivity contribution in [2.45, 2.75) is 50.5 Å². The van der Waals surface area contributed by atoms with Crippen LogP contribution in [0.3, 0.4) is 0 Å². The number of hydrogen-bond donors (Lipinski definition) is 1. The molecule has 0 bridgehead atoms. The normalized spacial score (nSPS) is 22.7. The molecule has 39 heavy (non-hydrogen) atoms. The van der Waals surface area contributed by atoms with Crippen molar-refractivity contribution in [1.82, 2.24) is 5.32 Å². The van der Waals surface area contributed by atoms with Gasteiger partial charge >= 0.3 is 11.9 Å². The summed E-state index contributed by atoms with van der Waals surface area (Å²) in [7, 11) is 2.95. The molecule has 1 fully saturated rings. The number of nitrogens with one attached hydrogen (secondary N) is 1. The van der Waals surface area contributed by atoms with E-state index in [0.29, 0.717) is 35.4 Å². The fraction of sp³-hybridized carbons (Fsp3) is 0.387. The van der Waals surface area contributed by atoms with E-state index in [1.165, 1.54) is 7.11 Å². The van der Waals surface area contributed by atoms with E-state index in [1.807, 2.05) is 31.2 Å². The lowest BCUT2D eigenvalue weighted by atomic mass is 9.71. The van der Waals surface area contributed by atoms with Gasteiger partial charge in [0.25, 0.3) is 0 Å². The standard InChI is InChI=1S/C31H33NO7/c1-18-27(31(35)39-17-22-7-6-14-38-22)28(19-10-12-20(13-11-19)30(34)37-3)29-24(32-18)15-21(16-25(29)33)23-8-4-5-9-26(23)36-2/h4-5,8-13,21-22,28,32H,6-7,14-17H2,1-3H3/t21-,22+,28-/m1/s1. The molecule has 3 atom stereocenters. The van der Waals surface area contributed by atoms with Gasteiger partial charge in [-0.15, -0.1) is 0 Å². The van der Waals surface area contributed by atoms with Crippen LogP contribution in [0.1, 0.15) is 65.9 Å². The second kappa shape index (κ2) is 11.5. The van der Waals surface area contributed by atoms with Crippen LogP contribution >= 0.6 is 0 Å². The van der Waals surface area contributed by atoms with Crippen molar-refractivity contribution in [2.75, 3.05) is 27.4 Å². The van der Waals surface area contributed by atoms with Gasteiger partial charge in [-0.25, -0.2) is 9.59 Å². The quantitative estimate of drug-likeness (QED) is 0.519. The molecule has 1 saturated heterocycles. The summed E-state index contributed by atoms with van der Waals surface area (Å²) in [6.07, 6.45) is 2.55. The van der Waals surface area contributed by atoms with Crippen LogP contribution in [0.15, 0.2) is 71.1 Å². The van der Waals surface area contributed by atoms with E-state index in [4.69, 9.17) is 18.9 Å². The van der Waals surface area contributed by atoms with Gasteiger partial charge in [-0.3, -0.25) is 4.79 Å². The van der Waals surface area contributed by atoms with Crippen LogP contribution in [0.25, 0.3) is 0 Å². The molecule has 0 amide bonds. The summed E-state index contributed by atoms with van der Waals surface area (Å²) in [6.45, 7) is 2.66. The van der Waals surface area contributed by atoms with Gasteiger partial charge in [0.2, 0.25) is 0 Å². The maximum Gasteiger partial charge on any atom is 0.337 e. The third-order valence-corrected chi connectivity index (χ3v) is 7.72. The zero-order chi connectivity index (χ0) is 27.5. The first-order valence-electron chi connectivity index (χ1n) is 13.2. The second-order valence-corrected chi connectivity index (χ2v) is 10.1. The molecule has 5 rings (SSSR count). The fourth-order valence-electron chi connectivity index (χ4n) is 5.82. The highest BCUT2D eigenvalue weighted by Crippen LogP contribution is 2.47. The summed E-state index contributed by atoms with van der Waals surface area (Å²) in [5.41, 5.74) is 4.47. The smallest absolute Gasteiger partial charge is 0.337 e. The summed E-state index contributed by atoms with van der Waals surface area (Å²) < 4.78 is 21.7. The van der Waals surface area contributed by atoms with Crippen molar-refractivity contribution in [3.8, 4) is 5.75 Å². The van der Waals surface area contributed by atoms with E-state index in [2.05, 4.69) is 5.32 Å². The predicted octanol–water partition coefficient (Wildman–Crippen LogP) is 4.57. The van der Waals surface area contributed by atoms with Gasteiger partial charge < -0.3 is 24.3 Å². The summed E-state index contributed by atoms with van der Waals surface area (Å²) in [5, 5.41) is 3.37. The van der Waals surface area contributed by atoms with Crippen molar-refractivity contribution >= 4 is 17.7 Å². The molecular weight excluding hydrogens is 498 g/mol. The molecule has 8 nitrogen and oxygen atoms in total. The molecule has 2 aliphatic heterocycles. The number of allylic oxidation sites excluding steroid dienone is 3. The van der Waals surface area contributed by atoms with Gasteiger partial charge in [0.15, 0.2) is 5.78 Å². The monoisotopic (exact) mass is 531 g/mol. The Morgan fingerprint density at radius 3 is 2.49 bits per heavy atom. The molecule has 0 radical (unpaired) electrons. The van der Waals surface area contributed by atoms with Gasteiger partial charge in [0.1, 0.15) is 12.4 Å². The minimum absolute atomic E-state index is 0.0429. The number of Topliss-reactive ketones (excluding diaryl/α,β-unsaturated/α-hetero) is 1. The van der Waals surface area contributed by atoms with E-state index >= 15 is 0 Å². The Bertz CT molecular complexity index is 1330. The van der Waals surface area contributed by atoms with Crippen LogP contribution < -0.4 is 10.1 Å². The SMILES string of the molecule is COC(=O)c1ccc([C@@H]2C(C(=O)OC[C@@H]3CCCO3)=C(C)NC3=C2C(=O)C[C@H](c2ccccc2OC)C3)cc1. The molecule has 2 aromatic rings. The van der Waals surface area contributed by atoms with Gasteiger partial charge in [-0.2, -0.15) is 0 Å². The number of rotatable bonds is 7. The summed E-state index contributed by atoms with van der Waals surface area (Å²) in [4.78, 5) is 39.4. The van der Waals surface area contributed by atoms with Crippen LogP contribution in [0, 0.1) is 0 Å². The Morgan fingerprint density at radius 1 is 1.03 bits per heavy atom. The molecule has 2 heterocycles. The van der Waals surface area contributed by atoms with Crippen molar-refractivity contribution in [1.29, 1.82) is 0 Å². The van der Waals surface area contributed by atoms with Gasteiger partial charge in [-0.1, -0.05) is 30.3 Å². The first-order valence-corrected chi connectivity index (χ1v) is 13.2. The molecule has 0 aromatic heterocycles. The van der Waals surface area contributed by atoms with E-state index in [-0.39, 0.29) is 30.8 Å². The first kappa shape index (κ1) is 26.7. The zero-order valence-electron chi connectivity index (χ0n) is 22.5. The molecule has 0 spiro atoms. The van der Waals surface area contributed by atoms with Crippen molar-refractivity contribution < 1.29 is 33.3 Å². The van der Waals surface area contributed by atoms with Crippen LogP contribution in [-0.4, -0.2) is 51.3 Å². The van der Waals surface area contributed by atoms with Crippen LogP contribution in [-0.2, 0) is 23.8 Å². The number of esters is 2. The molecule has 204 valence electrons. The van der Waals surface area contributed by atoms with Crippen LogP contribution in [0.5, 0.6) is 5.75 Å². The van der Waals surface area contributed by atoms with Crippen molar-refractivity contribution in [2.24, 2.45) is 0 Å². The highest BCUT2D eigenvalue weighted by Gasteiger charge is 2.42. The Hall–Kier alpha value is -3.91. The average molecular weight is 532 g/mol. The third kappa shape index (κ3) is 5.34. The lowest BCUT2D eigenvalue weighted by Gasteiger charge is -2.37. The largest absolute Gasteiger partial charge is 0.496 e. The average Bonchev–Trinajstić information content (AvgIpc) is 3.48. The zero-order valence-corrected chi connectivity index (χ0v) is 22.5. The Morgan fingerprint density at radius 2 is 1.79 bits per heavy atom. The summed E-state index contributed by atoms with van der Waals surface area (Å²) >= 11 is 0.